The van der Waals surface area contributed by atoms with E-state index >= 15 is 0 Å². The van der Waals surface area contributed by atoms with E-state index in [-0.39, 0.29) is 16.7 Å². The summed E-state index contributed by atoms with van der Waals surface area (Å²) in [4.78, 5) is 0. The average molecular weight is 383 g/mol. The third kappa shape index (κ3) is 4.54. The van der Waals surface area contributed by atoms with Crippen LogP contribution in [0.25, 0.3) is 0 Å². The molecule has 1 atom stereocenters. The minimum absolute atomic E-state index is 0.120. The molecule has 0 spiro atoms. The first-order valence-corrected chi connectivity index (χ1v) is 10.4. The van der Waals surface area contributed by atoms with Crippen molar-refractivity contribution in [3.05, 3.63) is 57.6 Å². The van der Waals surface area contributed by atoms with Gasteiger partial charge in [0.15, 0.2) is 0 Å². The summed E-state index contributed by atoms with van der Waals surface area (Å²) in [6, 6.07) is 8.43. The molecule has 0 aliphatic heterocycles. The number of aryl methyl sites for hydroxylation is 2. The molecule has 0 radical (unpaired) electrons. The van der Waals surface area contributed by atoms with Gasteiger partial charge in [-0.3, -0.25) is 0 Å². The standard InChI is InChI=1S/C26H38O2/c1-10-11-19(18-12-17(3)24(28)22(14-18)26(7,8)9)20-15-21(25(4,5)6)23(27)13-16(20)2/h12-15,19,27-28H,10-11H2,1-9H3. The molecule has 0 fully saturated rings. The van der Waals surface area contributed by atoms with Crippen molar-refractivity contribution in [1.29, 1.82) is 0 Å². The lowest BCUT2D eigenvalue weighted by molar-refractivity contribution is 0.442. The first kappa shape index (κ1) is 22.3. The Morgan fingerprint density at radius 3 is 1.86 bits per heavy atom. The first-order chi connectivity index (χ1) is 12.8. The summed E-state index contributed by atoms with van der Waals surface area (Å²) in [6.45, 7) is 19.1. The Kier molecular flexibility index (Phi) is 6.23. The molecule has 2 aromatic rings. The van der Waals surface area contributed by atoms with Gasteiger partial charge in [0.1, 0.15) is 11.5 Å². The largest absolute Gasteiger partial charge is 0.508 e. The maximum absolute atomic E-state index is 10.6. The quantitative estimate of drug-likeness (QED) is 0.585. The fourth-order valence-corrected chi connectivity index (χ4v) is 4.06. The van der Waals surface area contributed by atoms with Gasteiger partial charge in [0.05, 0.1) is 0 Å². The van der Waals surface area contributed by atoms with Crippen molar-refractivity contribution < 1.29 is 10.2 Å². The Morgan fingerprint density at radius 1 is 0.786 bits per heavy atom. The number of aromatic hydroxyl groups is 2. The maximum atomic E-state index is 10.6. The zero-order chi connectivity index (χ0) is 21.4. The van der Waals surface area contributed by atoms with E-state index in [1.165, 1.54) is 11.1 Å². The summed E-state index contributed by atoms with van der Waals surface area (Å²) in [7, 11) is 0. The normalized spacial score (nSPS) is 13.6. The Balaban J connectivity index is 2.73. The Morgan fingerprint density at radius 2 is 1.36 bits per heavy atom. The van der Waals surface area contributed by atoms with Crippen LogP contribution in [0.1, 0.15) is 101 Å². The number of hydrogen-bond acceptors (Lipinski definition) is 2. The molecule has 1 unspecified atom stereocenters. The van der Waals surface area contributed by atoms with E-state index in [4.69, 9.17) is 0 Å². The molecule has 0 aromatic heterocycles. The Bertz CT molecular complexity index is 848. The fraction of sp³-hybridized carbons (Fsp3) is 0.538. The van der Waals surface area contributed by atoms with Gasteiger partial charge >= 0.3 is 0 Å². The number of phenols is 2. The maximum Gasteiger partial charge on any atom is 0.122 e. The van der Waals surface area contributed by atoms with Crippen LogP contribution in [0.5, 0.6) is 11.5 Å². The van der Waals surface area contributed by atoms with Crippen LogP contribution in [0.3, 0.4) is 0 Å². The van der Waals surface area contributed by atoms with E-state index in [0.717, 1.165) is 35.1 Å². The molecule has 0 aliphatic carbocycles. The molecule has 2 aromatic carbocycles. The minimum atomic E-state index is -0.123. The van der Waals surface area contributed by atoms with Gasteiger partial charge in [-0.1, -0.05) is 73.1 Å². The second-order valence-electron chi connectivity index (χ2n) is 10.3. The molecule has 0 saturated carbocycles. The molecular formula is C26H38O2. The SMILES string of the molecule is CCCC(c1cc(C)c(O)c(C(C)(C)C)c1)c1cc(C(C)(C)C)c(O)cc1C. The highest BCUT2D eigenvalue weighted by Crippen LogP contribution is 2.42. The van der Waals surface area contributed by atoms with Crippen molar-refractivity contribution in [1.82, 2.24) is 0 Å². The van der Waals surface area contributed by atoms with Crippen molar-refractivity contribution in [2.24, 2.45) is 0 Å². The second-order valence-corrected chi connectivity index (χ2v) is 10.3. The fourth-order valence-electron chi connectivity index (χ4n) is 4.06. The van der Waals surface area contributed by atoms with Crippen LogP contribution in [0.2, 0.25) is 0 Å². The van der Waals surface area contributed by atoms with Crippen molar-refractivity contribution in [3.63, 3.8) is 0 Å². The molecule has 0 saturated heterocycles. The molecule has 2 rings (SSSR count). The van der Waals surface area contributed by atoms with Crippen molar-refractivity contribution in [2.75, 3.05) is 0 Å². The van der Waals surface area contributed by atoms with Crippen LogP contribution in [0.15, 0.2) is 24.3 Å². The lowest BCUT2D eigenvalue weighted by atomic mass is 9.77. The predicted molar refractivity (Wildman–Crippen MR) is 120 cm³/mol. The van der Waals surface area contributed by atoms with Crippen molar-refractivity contribution in [2.45, 2.75) is 91.9 Å². The van der Waals surface area contributed by atoms with E-state index < -0.39 is 0 Å². The third-order valence-electron chi connectivity index (χ3n) is 5.68. The van der Waals surface area contributed by atoms with Crippen molar-refractivity contribution >= 4 is 0 Å². The van der Waals surface area contributed by atoms with Crippen LogP contribution >= 0.6 is 0 Å². The number of phenolic OH excluding ortho intramolecular Hbond substituents is 2. The topological polar surface area (TPSA) is 40.5 Å². The van der Waals surface area contributed by atoms with Crippen LogP contribution in [0, 0.1) is 13.8 Å². The summed E-state index contributed by atoms with van der Waals surface area (Å²) in [6.07, 6.45) is 2.10. The predicted octanol–water partition coefficient (Wildman–Crippen LogP) is 7.24. The molecule has 2 heteroatoms. The number of rotatable bonds is 4. The molecule has 2 N–H and O–H groups in total. The van der Waals surface area contributed by atoms with Gasteiger partial charge in [0.2, 0.25) is 0 Å². The van der Waals surface area contributed by atoms with Gasteiger partial charge in [0, 0.05) is 5.92 Å². The van der Waals surface area contributed by atoms with Crippen LogP contribution in [-0.2, 0) is 10.8 Å². The molecular weight excluding hydrogens is 344 g/mol. The van der Waals surface area contributed by atoms with E-state index in [2.05, 4.69) is 73.6 Å². The molecule has 154 valence electrons. The average Bonchev–Trinajstić information content (AvgIpc) is 2.53. The zero-order valence-corrected chi connectivity index (χ0v) is 19.2. The summed E-state index contributed by atoms with van der Waals surface area (Å²) >= 11 is 0. The van der Waals surface area contributed by atoms with Crippen LogP contribution < -0.4 is 0 Å². The van der Waals surface area contributed by atoms with E-state index in [1.807, 2.05) is 13.0 Å². The van der Waals surface area contributed by atoms with Gasteiger partial charge in [-0.2, -0.15) is 0 Å². The summed E-state index contributed by atoms with van der Waals surface area (Å²) in [5.41, 5.74) is 6.30. The summed E-state index contributed by atoms with van der Waals surface area (Å²) in [5.74, 6) is 1.03. The number of hydrogen-bond donors (Lipinski definition) is 2. The third-order valence-corrected chi connectivity index (χ3v) is 5.68. The highest BCUT2D eigenvalue weighted by Gasteiger charge is 2.26. The smallest absolute Gasteiger partial charge is 0.122 e. The second kappa shape index (κ2) is 7.81. The number of benzene rings is 2. The van der Waals surface area contributed by atoms with E-state index in [1.54, 1.807) is 0 Å². The van der Waals surface area contributed by atoms with Gasteiger partial charge in [-0.25, -0.2) is 0 Å². The summed E-state index contributed by atoms with van der Waals surface area (Å²) in [5, 5.41) is 21.2. The monoisotopic (exact) mass is 382 g/mol. The van der Waals surface area contributed by atoms with Crippen LogP contribution in [-0.4, -0.2) is 10.2 Å². The lowest BCUT2D eigenvalue weighted by Crippen LogP contribution is -2.15. The summed E-state index contributed by atoms with van der Waals surface area (Å²) < 4.78 is 0. The van der Waals surface area contributed by atoms with Gasteiger partial charge < -0.3 is 10.2 Å². The van der Waals surface area contributed by atoms with E-state index in [0.29, 0.717) is 11.5 Å². The van der Waals surface area contributed by atoms with Gasteiger partial charge in [-0.15, -0.1) is 0 Å². The highest BCUT2D eigenvalue weighted by atomic mass is 16.3. The zero-order valence-electron chi connectivity index (χ0n) is 19.2. The molecule has 28 heavy (non-hydrogen) atoms. The van der Waals surface area contributed by atoms with E-state index in [9.17, 15) is 10.2 Å². The Hall–Kier alpha value is -1.96. The molecule has 0 aliphatic rings. The van der Waals surface area contributed by atoms with Gasteiger partial charge in [0.25, 0.3) is 0 Å². The minimum Gasteiger partial charge on any atom is -0.508 e. The first-order valence-electron chi connectivity index (χ1n) is 10.4. The lowest BCUT2D eigenvalue weighted by Gasteiger charge is -2.28. The molecule has 0 heterocycles. The van der Waals surface area contributed by atoms with Gasteiger partial charge in [-0.05, 0) is 70.5 Å². The van der Waals surface area contributed by atoms with Crippen molar-refractivity contribution in [3.8, 4) is 11.5 Å². The molecule has 0 amide bonds. The highest BCUT2D eigenvalue weighted by molar-refractivity contribution is 5.52. The van der Waals surface area contributed by atoms with Crippen LogP contribution in [0.4, 0.5) is 0 Å². The molecule has 2 nitrogen and oxygen atoms in total. The molecule has 0 bridgehead atoms. The Labute approximate surface area is 171 Å².